The first-order chi connectivity index (χ1) is 7.58. The zero-order valence-electron chi connectivity index (χ0n) is 8.83. The maximum absolute atomic E-state index is 11.6. The molecule has 86 valence electrons. The van der Waals surface area contributed by atoms with Crippen molar-refractivity contribution in [2.75, 3.05) is 18.2 Å². The zero-order chi connectivity index (χ0) is 12.1. The van der Waals surface area contributed by atoms with Crippen molar-refractivity contribution in [3.63, 3.8) is 0 Å². The van der Waals surface area contributed by atoms with Crippen molar-refractivity contribution in [1.29, 1.82) is 0 Å². The minimum atomic E-state index is -0.500. The predicted octanol–water partition coefficient (Wildman–Crippen LogP) is 2.02. The lowest BCUT2D eigenvalue weighted by Gasteiger charge is -2.04. The Morgan fingerprint density at radius 1 is 1.31 bits per heavy atom. The molecular formula is C11H12BrNO3. The number of alkyl halides is 1. The first-order valence-corrected chi connectivity index (χ1v) is 5.78. The molecule has 0 radical (unpaired) electrons. The Bertz CT molecular complexity index is 418. The quantitative estimate of drug-likeness (QED) is 0.398. The van der Waals surface area contributed by atoms with E-state index in [2.05, 4.69) is 20.7 Å². The fraction of sp³-hybridized carbons (Fsp3) is 0.273. The normalized spacial score (nSPS) is 9.88. The number of nitrogens with two attached hydrogens (primary N) is 1. The third-order valence-electron chi connectivity index (χ3n) is 2.02. The number of benzene rings is 1. The van der Waals surface area contributed by atoms with Gasteiger partial charge in [0.1, 0.15) is 0 Å². The first kappa shape index (κ1) is 12.7. The number of rotatable bonds is 4. The molecule has 4 nitrogen and oxygen atoms in total. The Balaban J connectivity index is 3.07. The van der Waals surface area contributed by atoms with Crippen LogP contribution in [0.1, 0.15) is 27.1 Å². The average Bonchev–Trinajstić information content (AvgIpc) is 2.27. The summed E-state index contributed by atoms with van der Waals surface area (Å²) in [6, 6.07) is 4.53. The maximum atomic E-state index is 11.6. The summed E-state index contributed by atoms with van der Waals surface area (Å²) in [7, 11) is 1.28. The van der Waals surface area contributed by atoms with Crippen LogP contribution in [0.5, 0.6) is 0 Å². The highest BCUT2D eigenvalue weighted by Crippen LogP contribution is 2.15. The van der Waals surface area contributed by atoms with Gasteiger partial charge in [-0.05, 0) is 18.2 Å². The minimum Gasteiger partial charge on any atom is -0.465 e. The van der Waals surface area contributed by atoms with E-state index in [-0.39, 0.29) is 5.78 Å². The largest absolute Gasteiger partial charge is 0.465 e. The van der Waals surface area contributed by atoms with Crippen LogP contribution in [0.25, 0.3) is 0 Å². The lowest BCUT2D eigenvalue weighted by atomic mass is 10.0. The van der Waals surface area contributed by atoms with Crippen molar-refractivity contribution in [2.24, 2.45) is 0 Å². The molecule has 2 N–H and O–H groups in total. The van der Waals surface area contributed by atoms with E-state index in [0.29, 0.717) is 28.6 Å². The summed E-state index contributed by atoms with van der Waals surface area (Å²) in [6.07, 6.45) is 0.365. The van der Waals surface area contributed by atoms with E-state index in [4.69, 9.17) is 5.73 Å². The molecule has 0 aliphatic rings. The summed E-state index contributed by atoms with van der Waals surface area (Å²) < 4.78 is 4.57. The van der Waals surface area contributed by atoms with Crippen LogP contribution < -0.4 is 5.73 Å². The molecule has 0 aliphatic carbocycles. The van der Waals surface area contributed by atoms with E-state index >= 15 is 0 Å². The highest BCUT2D eigenvalue weighted by atomic mass is 79.9. The molecule has 1 aromatic carbocycles. The second-order valence-corrected chi connectivity index (χ2v) is 3.99. The minimum absolute atomic E-state index is 0.0608. The highest BCUT2D eigenvalue weighted by molar-refractivity contribution is 9.09. The van der Waals surface area contributed by atoms with Crippen molar-refractivity contribution in [3.8, 4) is 0 Å². The van der Waals surface area contributed by atoms with Crippen LogP contribution in [0, 0.1) is 0 Å². The molecule has 5 heteroatoms. The van der Waals surface area contributed by atoms with E-state index in [1.54, 1.807) is 6.07 Å². The first-order valence-electron chi connectivity index (χ1n) is 4.66. The Morgan fingerprint density at radius 3 is 2.50 bits per heavy atom. The number of anilines is 1. The number of hydrogen-bond donors (Lipinski definition) is 1. The third kappa shape index (κ3) is 3.06. The molecule has 0 amide bonds. The van der Waals surface area contributed by atoms with E-state index < -0.39 is 5.97 Å². The van der Waals surface area contributed by atoms with Gasteiger partial charge in [-0.15, -0.1) is 0 Å². The van der Waals surface area contributed by atoms with Crippen LogP contribution in [0.2, 0.25) is 0 Å². The number of Topliss-reactive ketones (excluding diaryl/α,β-unsaturated/α-hetero) is 1. The van der Waals surface area contributed by atoms with E-state index in [1.165, 1.54) is 19.2 Å². The van der Waals surface area contributed by atoms with E-state index in [0.717, 1.165) is 0 Å². The van der Waals surface area contributed by atoms with E-state index in [1.807, 2.05) is 0 Å². The predicted molar refractivity (Wildman–Crippen MR) is 64.9 cm³/mol. The number of hydrogen-bond acceptors (Lipinski definition) is 4. The number of ketones is 1. The molecule has 0 fully saturated rings. The summed E-state index contributed by atoms with van der Waals surface area (Å²) in [5.74, 6) is -0.561. The van der Waals surface area contributed by atoms with Crippen LogP contribution >= 0.6 is 15.9 Å². The summed E-state index contributed by atoms with van der Waals surface area (Å²) in [6.45, 7) is 0. The summed E-state index contributed by atoms with van der Waals surface area (Å²) in [5.41, 5.74) is 6.71. The second kappa shape index (κ2) is 5.65. The van der Waals surface area contributed by atoms with Gasteiger partial charge in [-0.2, -0.15) is 0 Å². The summed E-state index contributed by atoms with van der Waals surface area (Å²) >= 11 is 3.18. The van der Waals surface area contributed by atoms with Crippen molar-refractivity contribution in [2.45, 2.75) is 6.42 Å². The van der Waals surface area contributed by atoms with Gasteiger partial charge in [0.25, 0.3) is 0 Å². The average molecular weight is 286 g/mol. The number of methoxy groups -OCH3 is 1. The van der Waals surface area contributed by atoms with Gasteiger partial charge < -0.3 is 10.5 Å². The van der Waals surface area contributed by atoms with Crippen LogP contribution in [0.4, 0.5) is 5.69 Å². The second-order valence-electron chi connectivity index (χ2n) is 3.20. The lowest BCUT2D eigenvalue weighted by molar-refractivity contribution is 0.0601. The number of carbonyl (C=O) groups is 2. The van der Waals surface area contributed by atoms with Gasteiger partial charge in [0.15, 0.2) is 5.78 Å². The maximum Gasteiger partial charge on any atom is 0.337 e. The number of ether oxygens (including phenoxy) is 1. The molecule has 16 heavy (non-hydrogen) atoms. The highest BCUT2D eigenvalue weighted by Gasteiger charge is 2.11. The van der Waals surface area contributed by atoms with E-state index in [9.17, 15) is 9.59 Å². The van der Waals surface area contributed by atoms with Crippen molar-refractivity contribution in [1.82, 2.24) is 0 Å². The Hall–Kier alpha value is -1.36. The molecule has 0 saturated carbocycles. The smallest absolute Gasteiger partial charge is 0.337 e. The van der Waals surface area contributed by atoms with Crippen molar-refractivity contribution in [3.05, 3.63) is 29.3 Å². The van der Waals surface area contributed by atoms with Crippen molar-refractivity contribution < 1.29 is 14.3 Å². The van der Waals surface area contributed by atoms with Gasteiger partial charge >= 0.3 is 5.97 Å². The van der Waals surface area contributed by atoms with Gasteiger partial charge in [0.05, 0.1) is 12.7 Å². The number of carbonyl (C=O) groups excluding carboxylic acids is 2. The molecule has 0 unspecified atom stereocenters. The van der Waals surface area contributed by atoms with Gasteiger partial charge in [0, 0.05) is 23.0 Å². The molecule has 0 spiro atoms. The lowest BCUT2D eigenvalue weighted by Crippen LogP contribution is -2.07. The van der Waals surface area contributed by atoms with Gasteiger partial charge in [-0.3, -0.25) is 4.79 Å². The van der Waals surface area contributed by atoms with Gasteiger partial charge in [-0.25, -0.2) is 4.79 Å². The third-order valence-corrected chi connectivity index (χ3v) is 2.42. The fourth-order valence-corrected chi connectivity index (χ4v) is 1.64. The molecule has 0 bridgehead atoms. The SMILES string of the molecule is COC(=O)c1cc(N)cc(C(=O)CCBr)c1. The van der Waals surface area contributed by atoms with Gasteiger partial charge in [0.2, 0.25) is 0 Å². The molecular weight excluding hydrogens is 274 g/mol. The monoisotopic (exact) mass is 285 g/mol. The fourth-order valence-electron chi connectivity index (χ4n) is 1.28. The van der Waals surface area contributed by atoms with Crippen LogP contribution in [0.3, 0.4) is 0 Å². The Morgan fingerprint density at radius 2 is 1.94 bits per heavy atom. The number of esters is 1. The topological polar surface area (TPSA) is 69.4 Å². The summed E-state index contributed by atoms with van der Waals surface area (Å²) in [5, 5.41) is 0.578. The van der Waals surface area contributed by atoms with Crippen molar-refractivity contribution >= 4 is 33.4 Å². The standard InChI is InChI=1S/C11H12BrNO3/c1-16-11(15)8-4-7(5-9(13)6-8)10(14)2-3-12/h4-6H,2-3,13H2,1H3. The summed E-state index contributed by atoms with van der Waals surface area (Å²) in [4.78, 5) is 22.9. The molecule has 0 atom stereocenters. The molecule has 1 aromatic rings. The Kier molecular flexibility index (Phi) is 4.49. The van der Waals surface area contributed by atoms with Crippen LogP contribution in [0.15, 0.2) is 18.2 Å². The zero-order valence-corrected chi connectivity index (χ0v) is 10.4. The van der Waals surface area contributed by atoms with Crippen LogP contribution in [-0.4, -0.2) is 24.2 Å². The number of nitrogen functional groups attached to an aromatic ring is 1. The molecule has 0 saturated heterocycles. The molecule has 1 rings (SSSR count). The molecule has 0 aromatic heterocycles. The molecule has 0 aliphatic heterocycles. The number of halogens is 1. The molecule has 0 heterocycles. The Labute approximate surface area is 102 Å². The van der Waals surface area contributed by atoms with Crippen LogP contribution in [-0.2, 0) is 4.74 Å². The van der Waals surface area contributed by atoms with Gasteiger partial charge in [-0.1, -0.05) is 15.9 Å².